The molecule has 2 aromatic rings. The minimum absolute atomic E-state index is 0.150. The number of imidazole rings is 1. The Hall–Kier alpha value is -2.45. The summed E-state index contributed by atoms with van der Waals surface area (Å²) in [7, 11) is 0. The fraction of sp³-hybridized carbons (Fsp3) is 0.526. The molecule has 0 aliphatic carbocycles. The normalized spacial score (nSPS) is 20.1. The fourth-order valence-electron chi connectivity index (χ4n) is 3.34. The van der Waals surface area contributed by atoms with Crippen LogP contribution >= 0.6 is 0 Å². The van der Waals surface area contributed by atoms with Gasteiger partial charge in [0.05, 0.1) is 29.8 Å². The Labute approximate surface area is 158 Å². The predicted molar refractivity (Wildman–Crippen MR) is 100 cm³/mol. The van der Waals surface area contributed by atoms with Gasteiger partial charge in [-0.05, 0) is 18.6 Å². The number of rotatable bonds is 7. The number of amides is 2. The van der Waals surface area contributed by atoms with E-state index in [1.807, 2.05) is 28.8 Å². The molecule has 8 nitrogen and oxygen atoms in total. The van der Waals surface area contributed by atoms with Gasteiger partial charge in [0.1, 0.15) is 19.0 Å². The lowest BCUT2D eigenvalue weighted by molar-refractivity contribution is -0.131. The average molecular weight is 374 g/mol. The first-order valence-electron chi connectivity index (χ1n) is 9.18. The molecule has 1 aliphatic rings. The molecule has 1 saturated heterocycles. The van der Waals surface area contributed by atoms with Crippen LogP contribution in [0.25, 0.3) is 11.0 Å². The summed E-state index contributed by atoms with van der Waals surface area (Å²) in [5.41, 5.74) is 6.95. The molecule has 0 saturated carbocycles. The Morgan fingerprint density at radius 2 is 2.19 bits per heavy atom. The highest BCUT2D eigenvalue weighted by Crippen LogP contribution is 2.21. The Kier molecular flexibility index (Phi) is 6.08. The Morgan fingerprint density at radius 1 is 1.41 bits per heavy atom. The van der Waals surface area contributed by atoms with Crippen molar-refractivity contribution in [2.45, 2.75) is 44.9 Å². The molecule has 2 atom stereocenters. The van der Waals surface area contributed by atoms with Crippen molar-refractivity contribution in [2.75, 3.05) is 19.8 Å². The zero-order chi connectivity index (χ0) is 19.4. The topological polar surface area (TPSA) is 108 Å². The second-order valence-electron chi connectivity index (χ2n) is 7.05. The first-order valence-corrected chi connectivity index (χ1v) is 9.18. The highest BCUT2D eigenvalue weighted by Gasteiger charge is 2.29. The fourth-order valence-corrected chi connectivity index (χ4v) is 3.34. The van der Waals surface area contributed by atoms with Crippen LogP contribution in [0.5, 0.6) is 0 Å². The Bertz CT molecular complexity index is 817. The van der Waals surface area contributed by atoms with Gasteiger partial charge >= 0.3 is 0 Å². The molecule has 0 unspecified atom stereocenters. The third-order valence-electron chi connectivity index (χ3n) is 4.58. The third-order valence-corrected chi connectivity index (χ3v) is 4.58. The number of nitrogens with zero attached hydrogens (tertiary/aromatic N) is 2. The van der Waals surface area contributed by atoms with Crippen LogP contribution in [0.15, 0.2) is 24.3 Å². The van der Waals surface area contributed by atoms with Gasteiger partial charge in [-0.15, -0.1) is 0 Å². The van der Waals surface area contributed by atoms with E-state index in [4.69, 9.17) is 15.2 Å². The molecule has 1 fully saturated rings. The van der Waals surface area contributed by atoms with Gasteiger partial charge in [-0.3, -0.25) is 9.59 Å². The van der Waals surface area contributed by atoms with Gasteiger partial charge in [0.2, 0.25) is 11.8 Å². The summed E-state index contributed by atoms with van der Waals surface area (Å²) in [4.78, 5) is 28.4. The molecule has 146 valence electrons. The monoisotopic (exact) mass is 374 g/mol. The van der Waals surface area contributed by atoms with E-state index in [2.05, 4.69) is 24.1 Å². The molecule has 0 spiro atoms. The summed E-state index contributed by atoms with van der Waals surface area (Å²) in [6.07, 6.45) is 0.308. The van der Waals surface area contributed by atoms with Crippen molar-refractivity contribution < 1.29 is 19.1 Å². The summed E-state index contributed by atoms with van der Waals surface area (Å²) in [6, 6.07) is 7.46. The van der Waals surface area contributed by atoms with E-state index in [1.165, 1.54) is 0 Å². The molecule has 2 heterocycles. The van der Waals surface area contributed by atoms with E-state index in [0.29, 0.717) is 19.6 Å². The average Bonchev–Trinajstić information content (AvgIpc) is 3.00. The maximum absolute atomic E-state index is 12.7. The van der Waals surface area contributed by atoms with E-state index in [9.17, 15) is 9.59 Å². The van der Waals surface area contributed by atoms with Crippen molar-refractivity contribution in [1.29, 1.82) is 0 Å². The number of ether oxygens (including phenoxy) is 2. The van der Waals surface area contributed by atoms with Gasteiger partial charge in [-0.1, -0.05) is 26.0 Å². The van der Waals surface area contributed by atoms with Crippen molar-refractivity contribution in [2.24, 2.45) is 5.73 Å². The number of nitrogens with two attached hydrogens (primary N) is 1. The molecule has 1 aliphatic heterocycles. The Balaban J connectivity index is 1.72. The van der Waals surface area contributed by atoms with E-state index >= 15 is 0 Å². The highest BCUT2D eigenvalue weighted by atomic mass is 16.5. The highest BCUT2D eigenvalue weighted by molar-refractivity contribution is 5.81. The van der Waals surface area contributed by atoms with Crippen molar-refractivity contribution in [3.63, 3.8) is 0 Å². The number of hydrogen-bond acceptors (Lipinski definition) is 5. The van der Waals surface area contributed by atoms with Gasteiger partial charge in [-0.2, -0.15) is 0 Å². The lowest BCUT2D eigenvalue weighted by Gasteiger charge is -2.31. The second-order valence-corrected chi connectivity index (χ2v) is 7.05. The molecule has 1 aromatic carbocycles. The zero-order valence-electron chi connectivity index (χ0n) is 15.7. The Morgan fingerprint density at radius 3 is 2.93 bits per heavy atom. The van der Waals surface area contributed by atoms with Crippen LogP contribution in [0, 0.1) is 0 Å². The molecule has 3 N–H and O–H groups in total. The molecule has 0 bridgehead atoms. The molecule has 1 aromatic heterocycles. The van der Waals surface area contributed by atoms with Crippen molar-refractivity contribution in [3.8, 4) is 0 Å². The minimum Gasteiger partial charge on any atom is -0.379 e. The van der Waals surface area contributed by atoms with Gasteiger partial charge in [0, 0.05) is 12.5 Å². The SMILES string of the molecule is CC(C)c1nc2ccccc2n1CC(=O)N[C@@H]1COCC[C@@H]1OCC(N)=O. The number of hydrogen-bond donors (Lipinski definition) is 2. The van der Waals surface area contributed by atoms with Gasteiger partial charge < -0.3 is 25.1 Å². The quantitative estimate of drug-likeness (QED) is 0.750. The number of fused-ring (bicyclic) bond motifs is 1. The van der Waals surface area contributed by atoms with Crippen LogP contribution in [0.3, 0.4) is 0 Å². The van der Waals surface area contributed by atoms with Gasteiger partial charge in [0.15, 0.2) is 0 Å². The number of benzene rings is 1. The summed E-state index contributed by atoms with van der Waals surface area (Å²) in [6.45, 7) is 4.97. The largest absolute Gasteiger partial charge is 0.379 e. The van der Waals surface area contributed by atoms with Gasteiger partial charge in [-0.25, -0.2) is 4.98 Å². The minimum atomic E-state index is -0.530. The van der Waals surface area contributed by atoms with E-state index in [0.717, 1.165) is 16.9 Å². The number of carbonyl (C=O) groups is 2. The third kappa shape index (κ3) is 4.64. The molecule has 8 heteroatoms. The number of primary amides is 1. The van der Waals surface area contributed by atoms with Crippen LogP contribution in [0.4, 0.5) is 0 Å². The lowest BCUT2D eigenvalue weighted by Crippen LogP contribution is -2.51. The summed E-state index contributed by atoms with van der Waals surface area (Å²) < 4.78 is 12.9. The van der Waals surface area contributed by atoms with E-state index in [-0.39, 0.29) is 37.1 Å². The molecule has 3 rings (SSSR count). The number of carbonyl (C=O) groups excluding carboxylic acids is 2. The van der Waals surface area contributed by atoms with Crippen LogP contribution < -0.4 is 11.1 Å². The van der Waals surface area contributed by atoms with Crippen LogP contribution in [-0.4, -0.2) is 53.3 Å². The summed E-state index contributed by atoms with van der Waals surface area (Å²) in [5.74, 6) is 0.379. The zero-order valence-corrected chi connectivity index (χ0v) is 15.7. The molecular weight excluding hydrogens is 348 g/mol. The maximum Gasteiger partial charge on any atom is 0.243 e. The van der Waals surface area contributed by atoms with E-state index in [1.54, 1.807) is 0 Å². The van der Waals surface area contributed by atoms with Gasteiger partial charge in [0.25, 0.3) is 0 Å². The lowest BCUT2D eigenvalue weighted by atomic mass is 10.1. The maximum atomic E-state index is 12.7. The molecule has 2 amide bonds. The van der Waals surface area contributed by atoms with E-state index < -0.39 is 5.91 Å². The van der Waals surface area contributed by atoms with Crippen molar-refractivity contribution in [3.05, 3.63) is 30.1 Å². The summed E-state index contributed by atoms with van der Waals surface area (Å²) >= 11 is 0. The first-order chi connectivity index (χ1) is 13.0. The standard InChI is InChI=1S/C19H26N4O4/c1-12(2)19-22-13-5-3-4-6-15(13)23(19)9-18(25)21-14-10-26-8-7-16(14)27-11-17(20)24/h3-6,12,14,16H,7-11H2,1-2H3,(H2,20,24)(H,21,25)/t14-,16+/m1/s1. The smallest absolute Gasteiger partial charge is 0.243 e. The van der Waals surface area contributed by atoms with Crippen LogP contribution in [-0.2, 0) is 25.6 Å². The first kappa shape index (κ1) is 19.3. The number of aromatic nitrogens is 2. The number of nitrogens with one attached hydrogen (secondary N) is 1. The molecule has 0 radical (unpaired) electrons. The van der Waals surface area contributed by atoms with Crippen LogP contribution in [0.2, 0.25) is 0 Å². The second kappa shape index (κ2) is 8.49. The van der Waals surface area contributed by atoms with Crippen molar-refractivity contribution in [1.82, 2.24) is 14.9 Å². The molecular formula is C19H26N4O4. The summed E-state index contributed by atoms with van der Waals surface area (Å²) in [5, 5.41) is 2.97. The van der Waals surface area contributed by atoms with Crippen molar-refractivity contribution >= 4 is 22.8 Å². The molecule has 27 heavy (non-hydrogen) atoms. The van der Waals surface area contributed by atoms with Crippen LogP contribution in [0.1, 0.15) is 32.0 Å². The predicted octanol–water partition coefficient (Wildman–Crippen LogP) is 0.935. The number of para-hydroxylation sites is 2.